The number of anilines is 2. The standard InChI is InChI=1S/C38H50ClN5O6S/c1-37(2)33-24-27(42(3)4)12-15-30(33)38(31-16-13-28(43(5)6)25-34(31)37)32-23-26(11-14-29(32)36(46)44(38)51(40,47)48)35(45)41-18-20-50-22-21-49-19-10-8-7-9-17-39/h11-16,23-25H,7-10,17-22H2,1-6H3,(H,41,45)(H2,40,47,48). The highest BCUT2D eigenvalue weighted by molar-refractivity contribution is 7.87. The summed E-state index contributed by atoms with van der Waals surface area (Å²) in [5.74, 6) is -0.448. The van der Waals surface area contributed by atoms with Crippen LogP contribution >= 0.6 is 11.6 Å². The average Bonchev–Trinajstić information content (AvgIpc) is 3.35. The monoisotopic (exact) mass is 739 g/mol. The third-order valence-electron chi connectivity index (χ3n) is 9.89. The van der Waals surface area contributed by atoms with Gasteiger partial charge in [-0.05, 0) is 77.6 Å². The number of carbonyl (C=O) groups is 2. The van der Waals surface area contributed by atoms with Crippen molar-refractivity contribution in [2.45, 2.75) is 50.5 Å². The molecule has 11 nitrogen and oxygen atoms in total. The van der Waals surface area contributed by atoms with Crippen LogP contribution in [0.5, 0.6) is 0 Å². The lowest BCUT2D eigenvalue weighted by Crippen LogP contribution is -2.55. The summed E-state index contributed by atoms with van der Waals surface area (Å²) >= 11 is 5.71. The molecule has 13 heteroatoms. The lowest BCUT2D eigenvalue weighted by molar-refractivity contribution is 0.0468. The third-order valence-corrected chi connectivity index (χ3v) is 11.1. The molecule has 0 atom stereocenters. The minimum atomic E-state index is -4.64. The van der Waals surface area contributed by atoms with Crippen molar-refractivity contribution in [3.63, 3.8) is 0 Å². The maximum atomic E-state index is 14.2. The van der Waals surface area contributed by atoms with Gasteiger partial charge in [-0.1, -0.05) is 38.8 Å². The lowest BCUT2D eigenvalue weighted by Gasteiger charge is -2.49. The van der Waals surface area contributed by atoms with Crippen LogP contribution in [0, 0.1) is 0 Å². The summed E-state index contributed by atoms with van der Waals surface area (Å²) < 4.78 is 39.3. The number of nitrogens with two attached hydrogens (primary N) is 1. The number of hydrogen-bond acceptors (Lipinski definition) is 8. The Balaban J connectivity index is 1.50. The Bertz CT molecular complexity index is 1820. The van der Waals surface area contributed by atoms with Crippen LogP contribution in [-0.2, 0) is 30.6 Å². The summed E-state index contributed by atoms with van der Waals surface area (Å²) in [6.45, 7) is 6.28. The average molecular weight is 740 g/mol. The molecule has 0 aromatic heterocycles. The number of unbranched alkanes of at least 4 members (excludes halogenated alkanes) is 3. The van der Waals surface area contributed by atoms with Gasteiger partial charge in [0.25, 0.3) is 11.8 Å². The predicted molar refractivity (Wildman–Crippen MR) is 202 cm³/mol. The van der Waals surface area contributed by atoms with E-state index in [1.165, 1.54) is 12.1 Å². The Labute approximate surface area is 307 Å². The molecule has 3 N–H and O–H groups in total. The Morgan fingerprint density at radius 2 is 1.35 bits per heavy atom. The van der Waals surface area contributed by atoms with Crippen LogP contribution in [0.3, 0.4) is 0 Å². The number of carbonyl (C=O) groups excluding carboxylic acids is 2. The first kappa shape index (κ1) is 38.5. The fourth-order valence-electron chi connectivity index (χ4n) is 7.25. The molecular weight excluding hydrogens is 690 g/mol. The summed E-state index contributed by atoms with van der Waals surface area (Å²) in [5.41, 5.74) is 3.26. The van der Waals surface area contributed by atoms with Gasteiger partial charge in [0.05, 0.1) is 19.8 Å². The van der Waals surface area contributed by atoms with Crippen molar-refractivity contribution in [2.75, 3.05) is 76.8 Å². The molecule has 5 rings (SSSR count). The molecule has 3 aromatic rings. The van der Waals surface area contributed by atoms with E-state index in [9.17, 15) is 18.0 Å². The van der Waals surface area contributed by atoms with Crippen molar-refractivity contribution in [3.8, 4) is 0 Å². The summed E-state index contributed by atoms with van der Waals surface area (Å²) in [6.07, 6.45) is 4.19. The van der Waals surface area contributed by atoms with Crippen molar-refractivity contribution < 1.29 is 27.5 Å². The van der Waals surface area contributed by atoms with E-state index in [-0.39, 0.29) is 30.2 Å². The van der Waals surface area contributed by atoms with E-state index in [0.717, 1.165) is 52.5 Å². The smallest absolute Gasteiger partial charge is 0.302 e. The largest absolute Gasteiger partial charge is 0.379 e. The molecule has 0 saturated carbocycles. The molecule has 1 aliphatic heterocycles. The number of ether oxygens (including phenoxy) is 2. The van der Waals surface area contributed by atoms with Crippen LogP contribution in [-0.4, -0.2) is 91.6 Å². The van der Waals surface area contributed by atoms with Gasteiger partial charge in [-0.2, -0.15) is 8.42 Å². The second kappa shape index (κ2) is 15.5. The second-order valence-electron chi connectivity index (χ2n) is 14.0. The molecule has 1 heterocycles. The van der Waals surface area contributed by atoms with E-state index in [1.54, 1.807) is 6.07 Å². The number of halogens is 1. The van der Waals surface area contributed by atoms with E-state index in [0.29, 0.717) is 42.4 Å². The second-order valence-corrected chi connectivity index (χ2v) is 15.8. The van der Waals surface area contributed by atoms with Gasteiger partial charge >= 0.3 is 10.2 Å². The molecule has 51 heavy (non-hydrogen) atoms. The zero-order chi connectivity index (χ0) is 37.1. The summed E-state index contributed by atoms with van der Waals surface area (Å²) in [5, 5.41) is 8.85. The van der Waals surface area contributed by atoms with Gasteiger partial charge in [0.15, 0.2) is 0 Å². The van der Waals surface area contributed by atoms with E-state index in [4.69, 9.17) is 26.2 Å². The Hall–Kier alpha value is -3.68. The highest BCUT2D eigenvalue weighted by atomic mass is 35.5. The zero-order valence-corrected chi connectivity index (χ0v) is 32.0. The van der Waals surface area contributed by atoms with E-state index >= 15 is 0 Å². The summed E-state index contributed by atoms with van der Waals surface area (Å²) in [4.78, 5) is 31.7. The highest BCUT2D eigenvalue weighted by Gasteiger charge is 2.61. The first-order valence-electron chi connectivity index (χ1n) is 17.3. The van der Waals surface area contributed by atoms with Gasteiger partial charge in [-0.15, -0.1) is 11.6 Å². The Morgan fingerprint density at radius 3 is 1.90 bits per heavy atom. The molecule has 1 aliphatic carbocycles. The molecular formula is C38H50ClN5O6S. The van der Waals surface area contributed by atoms with Gasteiger partial charge in [-0.25, -0.2) is 9.44 Å². The molecule has 0 radical (unpaired) electrons. The molecule has 2 amide bonds. The number of nitrogens with zero attached hydrogens (tertiary/aromatic N) is 3. The number of hydrogen-bond donors (Lipinski definition) is 2. The topological polar surface area (TPSA) is 135 Å². The maximum Gasteiger partial charge on any atom is 0.302 e. The van der Waals surface area contributed by atoms with Gasteiger partial charge in [-0.3, -0.25) is 9.59 Å². The first-order valence-corrected chi connectivity index (χ1v) is 19.4. The van der Waals surface area contributed by atoms with Crippen molar-refractivity contribution >= 4 is 45.0 Å². The van der Waals surface area contributed by atoms with Crippen LogP contribution in [0.25, 0.3) is 0 Å². The number of amides is 2. The van der Waals surface area contributed by atoms with E-state index in [2.05, 4.69) is 19.2 Å². The predicted octanol–water partition coefficient (Wildman–Crippen LogP) is 4.97. The normalized spacial score (nSPS) is 15.4. The number of benzene rings is 3. The van der Waals surface area contributed by atoms with Crippen LogP contribution < -0.4 is 20.3 Å². The number of rotatable bonds is 16. The van der Waals surface area contributed by atoms with Crippen LogP contribution in [0.2, 0.25) is 0 Å². The minimum Gasteiger partial charge on any atom is -0.379 e. The molecule has 276 valence electrons. The lowest BCUT2D eigenvalue weighted by atomic mass is 9.60. The van der Waals surface area contributed by atoms with E-state index < -0.39 is 27.1 Å². The van der Waals surface area contributed by atoms with Crippen molar-refractivity contribution in [1.29, 1.82) is 0 Å². The minimum absolute atomic E-state index is 0.160. The van der Waals surface area contributed by atoms with Crippen LogP contribution in [0.15, 0.2) is 54.6 Å². The molecule has 2 aliphatic rings. The van der Waals surface area contributed by atoms with Crippen LogP contribution in [0.1, 0.15) is 88.1 Å². The molecule has 0 fully saturated rings. The van der Waals surface area contributed by atoms with Crippen molar-refractivity contribution in [3.05, 3.63) is 93.5 Å². The number of alkyl halides is 1. The van der Waals surface area contributed by atoms with Crippen molar-refractivity contribution in [1.82, 2.24) is 9.62 Å². The first-order chi connectivity index (χ1) is 24.2. The Kier molecular flexibility index (Phi) is 11.7. The molecule has 0 unspecified atom stereocenters. The Morgan fingerprint density at radius 1 is 0.784 bits per heavy atom. The molecule has 0 bridgehead atoms. The SMILES string of the molecule is CN(C)c1ccc2c(c1)C(C)(C)c1cc(N(C)C)ccc1C21c2cc(C(=O)NCCOCCOCCCCCCCl)ccc2C(=O)N1S(N)(=O)=O. The quantitative estimate of drug-likeness (QED) is 0.155. The third kappa shape index (κ3) is 7.34. The van der Waals surface area contributed by atoms with E-state index in [1.807, 2.05) is 74.4 Å². The van der Waals surface area contributed by atoms with Gasteiger partial charge in [0.1, 0.15) is 5.54 Å². The molecule has 3 aromatic carbocycles. The fraction of sp³-hybridized carbons (Fsp3) is 0.474. The highest BCUT2D eigenvalue weighted by Crippen LogP contribution is 2.59. The number of nitrogens with one attached hydrogen (secondary N) is 1. The summed E-state index contributed by atoms with van der Waals surface area (Å²) in [7, 11) is 3.11. The fourth-order valence-corrected chi connectivity index (χ4v) is 8.44. The summed E-state index contributed by atoms with van der Waals surface area (Å²) in [6, 6.07) is 16.3. The maximum absolute atomic E-state index is 14.2. The zero-order valence-electron chi connectivity index (χ0n) is 30.4. The van der Waals surface area contributed by atoms with Gasteiger partial charge < -0.3 is 24.6 Å². The molecule has 0 saturated heterocycles. The van der Waals surface area contributed by atoms with Crippen LogP contribution in [0.4, 0.5) is 11.4 Å². The molecule has 1 spiro atoms. The van der Waals surface area contributed by atoms with Crippen molar-refractivity contribution in [2.24, 2.45) is 5.14 Å². The number of fused-ring (bicyclic) bond motifs is 6. The van der Waals surface area contributed by atoms with Gasteiger partial charge in [0.2, 0.25) is 0 Å². The van der Waals surface area contributed by atoms with Gasteiger partial charge in [0, 0.05) is 80.7 Å².